The van der Waals surface area contributed by atoms with Crippen molar-refractivity contribution in [3.05, 3.63) is 18.2 Å². The summed E-state index contributed by atoms with van der Waals surface area (Å²) in [7, 11) is -3.80. The van der Waals surface area contributed by atoms with Crippen molar-refractivity contribution in [3.8, 4) is 0 Å². The molecule has 0 saturated carbocycles. The van der Waals surface area contributed by atoms with Crippen molar-refractivity contribution in [2.45, 2.75) is 24.7 Å². The molecule has 3 fully saturated rings. The van der Waals surface area contributed by atoms with E-state index < -0.39 is 40.3 Å². The molecule has 0 spiro atoms. The summed E-state index contributed by atoms with van der Waals surface area (Å²) >= 11 is 0. The Hall–Kier alpha value is -3.03. The number of carbonyl (C=O) groups is 4. The molecule has 0 aliphatic carbocycles. The molecule has 0 atom stereocenters. The molecule has 3 heterocycles. The van der Waals surface area contributed by atoms with Crippen molar-refractivity contribution >= 4 is 45.2 Å². The van der Waals surface area contributed by atoms with E-state index >= 15 is 0 Å². The molecule has 1 N–H and O–H groups in total. The molecule has 0 bridgehead atoms. The van der Waals surface area contributed by atoms with Gasteiger partial charge in [0, 0.05) is 32.7 Å². The SMILES string of the molecule is CCN1C(=O)C(=O)N(CC(=O)Nc2cc(S(=O)(=O)N3CCOCC3)ccc2N2CCCC2)C1=O. The van der Waals surface area contributed by atoms with Gasteiger partial charge in [-0.15, -0.1) is 0 Å². The number of benzene rings is 1. The van der Waals surface area contributed by atoms with E-state index in [1.54, 1.807) is 13.0 Å². The van der Waals surface area contributed by atoms with E-state index in [4.69, 9.17) is 4.74 Å². The second-order valence-electron chi connectivity index (χ2n) is 8.16. The zero-order chi connectivity index (χ0) is 24.5. The molecule has 3 aliphatic rings. The van der Waals surface area contributed by atoms with Gasteiger partial charge in [0.2, 0.25) is 15.9 Å². The van der Waals surface area contributed by atoms with E-state index in [9.17, 15) is 27.6 Å². The van der Waals surface area contributed by atoms with E-state index in [-0.39, 0.29) is 30.2 Å². The van der Waals surface area contributed by atoms with Crippen molar-refractivity contribution in [1.82, 2.24) is 14.1 Å². The van der Waals surface area contributed by atoms with Crippen LogP contribution in [0.15, 0.2) is 23.1 Å². The number of rotatable bonds is 7. The van der Waals surface area contributed by atoms with Crippen LogP contribution in [0.3, 0.4) is 0 Å². The summed E-state index contributed by atoms with van der Waals surface area (Å²) < 4.78 is 32.8. The lowest BCUT2D eigenvalue weighted by atomic mass is 10.2. The Morgan fingerprint density at radius 1 is 1.00 bits per heavy atom. The minimum atomic E-state index is -3.80. The number of morpholine rings is 1. The molecular weight excluding hydrogens is 466 g/mol. The summed E-state index contributed by atoms with van der Waals surface area (Å²) in [6.07, 6.45) is 1.93. The Balaban J connectivity index is 1.59. The van der Waals surface area contributed by atoms with Crippen LogP contribution in [0, 0.1) is 0 Å². The first-order chi connectivity index (χ1) is 16.2. The smallest absolute Gasteiger partial charge is 0.334 e. The number of imide groups is 2. The second kappa shape index (κ2) is 9.68. The third-order valence-corrected chi connectivity index (χ3v) is 7.94. The maximum atomic E-state index is 13.1. The van der Waals surface area contributed by atoms with Gasteiger partial charge in [-0.2, -0.15) is 4.31 Å². The van der Waals surface area contributed by atoms with E-state index in [0.29, 0.717) is 23.8 Å². The summed E-state index contributed by atoms with van der Waals surface area (Å²) in [6, 6.07) is 3.71. The topological polar surface area (TPSA) is 137 Å². The molecule has 12 nitrogen and oxygen atoms in total. The minimum Gasteiger partial charge on any atom is -0.379 e. The Bertz CT molecular complexity index is 1110. The number of hydrogen-bond acceptors (Lipinski definition) is 8. The third-order valence-electron chi connectivity index (χ3n) is 6.05. The quantitative estimate of drug-likeness (QED) is 0.416. The lowest BCUT2D eigenvalue weighted by Crippen LogP contribution is -2.40. The van der Waals surface area contributed by atoms with Crippen molar-refractivity contribution in [1.29, 1.82) is 0 Å². The molecule has 4 rings (SSSR count). The average molecular weight is 494 g/mol. The minimum absolute atomic E-state index is 0.0160. The van der Waals surface area contributed by atoms with Gasteiger partial charge in [0.15, 0.2) is 0 Å². The number of anilines is 2. The van der Waals surface area contributed by atoms with Gasteiger partial charge in [-0.1, -0.05) is 0 Å². The Labute approximate surface area is 197 Å². The molecule has 34 heavy (non-hydrogen) atoms. The molecular formula is C21H27N5O7S. The van der Waals surface area contributed by atoms with Crippen molar-refractivity contribution < 1.29 is 32.3 Å². The Morgan fingerprint density at radius 3 is 2.26 bits per heavy atom. The summed E-state index contributed by atoms with van der Waals surface area (Å²) in [6.45, 7) is 3.50. The molecule has 5 amide bonds. The molecule has 0 unspecified atom stereocenters. The van der Waals surface area contributed by atoms with Crippen LogP contribution in [-0.4, -0.2) is 98.8 Å². The zero-order valence-corrected chi connectivity index (χ0v) is 19.7. The molecule has 1 aromatic carbocycles. The van der Waals surface area contributed by atoms with E-state index in [0.717, 1.165) is 30.8 Å². The van der Waals surface area contributed by atoms with Gasteiger partial charge in [0.05, 0.1) is 29.5 Å². The largest absolute Gasteiger partial charge is 0.379 e. The Morgan fingerprint density at radius 2 is 1.65 bits per heavy atom. The number of amides is 5. The van der Waals surface area contributed by atoms with Crippen LogP contribution >= 0.6 is 0 Å². The third kappa shape index (κ3) is 4.50. The molecule has 0 aromatic heterocycles. The predicted octanol–water partition coefficient (Wildman–Crippen LogP) is 0.0569. The maximum Gasteiger partial charge on any atom is 0.334 e. The van der Waals surface area contributed by atoms with Gasteiger partial charge >= 0.3 is 17.8 Å². The van der Waals surface area contributed by atoms with Crippen LogP contribution < -0.4 is 10.2 Å². The summed E-state index contributed by atoms with van der Waals surface area (Å²) in [5.74, 6) is -2.75. The van der Waals surface area contributed by atoms with Crippen LogP contribution in [0.25, 0.3) is 0 Å². The van der Waals surface area contributed by atoms with E-state index in [1.165, 1.54) is 16.4 Å². The van der Waals surface area contributed by atoms with Crippen LogP contribution in [-0.2, 0) is 29.1 Å². The van der Waals surface area contributed by atoms with E-state index in [1.807, 2.05) is 4.90 Å². The van der Waals surface area contributed by atoms with Gasteiger partial charge in [-0.05, 0) is 38.0 Å². The van der Waals surface area contributed by atoms with Crippen LogP contribution in [0.4, 0.5) is 16.2 Å². The fraction of sp³-hybridized carbons (Fsp3) is 0.524. The molecule has 1 aromatic rings. The summed E-state index contributed by atoms with van der Waals surface area (Å²) in [5.41, 5.74) is 0.913. The first-order valence-corrected chi connectivity index (χ1v) is 12.6. The van der Waals surface area contributed by atoms with Crippen molar-refractivity contribution in [3.63, 3.8) is 0 Å². The van der Waals surface area contributed by atoms with Crippen LogP contribution in [0.1, 0.15) is 19.8 Å². The summed E-state index contributed by atoms with van der Waals surface area (Å²) in [4.78, 5) is 52.6. The lowest BCUT2D eigenvalue weighted by Gasteiger charge is -2.27. The average Bonchev–Trinajstić information content (AvgIpc) is 3.43. The van der Waals surface area contributed by atoms with Crippen LogP contribution in [0.2, 0.25) is 0 Å². The number of nitrogens with one attached hydrogen (secondary N) is 1. The molecule has 184 valence electrons. The van der Waals surface area contributed by atoms with Gasteiger partial charge < -0.3 is 15.0 Å². The number of urea groups is 1. The number of nitrogens with zero attached hydrogens (tertiary/aromatic N) is 4. The molecule has 3 saturated heterocycles. The van der Waals surface area contributed by atoms with Gasteiger partial charge in [-0.3, -0.25) is 19.3 Å². The molecule has 13 heteroatoms. The van der Waals surface area contributed by atoms with E-state index in [2.05, 4.69) is 5.32 Å². The second-order valence-corrected chi connectivity index (χ2v) is 10.1. The predicted molar refractivity (Wildman–Crippen MR) is 121 cm³/mol. The number of ether oxygens (including phenoxy) is 1. The maximum absolute atomic E-state index is 13.1. The standard InChI is InChI=1S/C21H27N5O7S/c1-2-25-19(28)20(29)26(21(25)30)14-18(27)22-16-13-15(5-6-17(16)23-7-3-4-8-23)34(31,32)24-9-11-33-12-10-24/h5-6,13H,2-4,7-12,14H2,1H3,(H,22,27). The number of sulfonamides is 1. The van der Waals surface area contributed by atoms with Gasteiger partial charge in [0.25, 0.3) is 0 Å². The Kier molecular flexibility index (Phi) is 6.86. The number of likely N-dealkylation sites (N-methyl/N-ethyl adjacent to an activating group) is 1. The zero-order valence-electron chi connectivity index (χ0n) is 18.9. The lowest BCUT2D eigenvalue weighted by molar-refractivity contribution is -0.143. The fourth-order valence-corrected chi connectivity index (χ4v) is 5.68. The first-order valence-electron chi connectivity index (χ1n) is 11.2. The highest BCUT2D eigenvalue weighted by atomic mass is 32.2. The number of hydrogen-bond donors (Lipinski definition) is 1. The van der Waals surface area contributed by atoms with Gasteiger partial charge in [-0.25, -0.2) is 18.1 Å². The fourth-order valence-electron chi connectivity index (χ4n) is 4.25. The highest BCUT2D eigenvalue weighted by Crippen LogP contribution is 2.32. The monoisotopic (exact) mass is 493 g/mol. The molecule has 0 radical (unpaired) electrons. The normalized spacial score (nSPS) is 19.9. The van der Waals surface area contributed by atoms with Crippen molar-refractivity contribution in [2.75, 3.05) is 62.7 Å². The first kappa shape index (κ1) is 24.1. The van der Waals surface area contributed by atoms with Crippen molar-refractivity contribution in [2.24, 2.45) is 0 Å². The highest BCUT2D eigenvalue weighted by molar-refractivity contribution is 7.89. The molecule has 3 aliphatic heterocycles. The van der Waals surface area contributed by atoms with Crippen LogP contribution in [0.5, 0.6) is 0 Å². The highest BCUT2D eigenvalue weighted by Gasteiger charge is 2.44. The summed E-state index contributed by atoms with van der Waals surface area (Å²) in [5, 5.41) is 2.65. The number of carbonyl (C=O) groups excluding carboxylic acids is 4. The van der Waals surface area contributed by atoms with Gasteiger partial charge in [0.1, 0.15) is 6.54 Å².